The van der Waals surface area contributed by atoms with E-state index >= 15 is 0 Å². The number of aromatic nitrogens is 1. The molecular formula is C8H6F2N2O2. The van der Waals surface area contributed by atoms with Gasteiger partial charge in [-0.25, -0.2) is 8.78 Å². The number of hydrogen-bond donors (Lipinski definition) is 2. The molecule has 0 spiro atoms. The summed E-state index contributed by atoms with van der Waals surface area (Å²) >= 11 is 0. The van der Waals surface area contributed by atoms with Crippen LogP contribution in [0.1, 0.15) is 23.2 Å². The second-order valence-corrected chi connectivity index (χ2v) is 2.50. The maximum absolute atomic E-state index is 12.3. The minimum Gasteiger partial charge on any atom is -0.391 e. The third-order valence-electron chi connectivity index (χ3n) is 1.70. The van der Waals surface area contributed by atoms with E-state index in [1.54, 1.807) is 0 Å². The van der Waals surface area contributed by atoms with Crippen LogP contribution < -0.4 is 5.43 Å². The van der Waals surface area contributed by atoms with E-state index in [4.69, 9.17) is 10.4 Å². The average molecular weight is 200 g/mol. The van der Waals surface area contributed by atoms with E-state index in [1.165, 1.54) is 6.07 Å². The molecule has 1 heterocycles. The standard InChI is InChI=1S/C8H6F2N2O2/c9-8(10)6-5(1-11)12-2-4(3-13)7(6)14/h2,8,13H,3H2,(H,12,14). The molecule has 0 radical (unpaired) electrons. The fourth-order valence-electron chi connectivity index (χ4n) is 1.01. The number of H-pyrrole nitrogens is 1. The largest absolute Gasteiger partial charge is 0.391 e. The molecule has 1 aromatic heterocycles. The summed E-state index contributed by atoms with van der Waals surface area (Å²) in [5, 5.41) is 17.1. The molecule has 2 N–H and O–H groups in total. The summed E-state index contributed by atoms with van der Waals surface area (Å²) in [6.45, 7) is -0.638. The van der Waals surface area contributed by atoms with E-state index in [0.29, 0.717) is 0 Å². The SMILES string of the molecule is N#Cc1[nH]cc(CO)c(=O)c1C(F)F. The Hall–Kier alpha value is -1.74. The van der Waals surface area contributed by atoms with E-state index in [1.807, 2.05) is 0 Å². The van der Waals surface area contributed by atoms with Gasteiger partial charge < -0.3 is 10.1 Å². The second-order valence-electron chi connectivity index (χ2n) is 2.50. The fraction of sp³-hybridized carbons (Fsp3) is 0.250. The van der Waals surface area contributed by atoms with Crippen LogP contribution in [-0.4, -0.2) is 10.1 Å². The molecule has 0 unspecified atom stereocenters. The third-order valence-corrected chi connectivity index (χ3v) is 1.70. The van der Waals surface area contributed by atoms with Crippen LogP contribution in [0.4, 0.5) is 8.78 Å². The zero-order valence-corrected chi connectivity index (χ0v) is 6.92. The first-order valence-corrected chi connectivity index (χ1v) is 3.65. The molecular weight excluding hydrogens is 194 g/mol. The van der Waals surface area contributed by atoms with Crippen LogP contribution in [0.2, 0.25) is 0 Å². The maximum Gasteiger partial charge on any atom is 0.270 e. The van der Waals surface area contributed by atoms with Gasteiger partial charge >= 0.3 is 0 Å². The van der Waals surface area contributed by atoms with Crippen molar-refractivity contribution in [3.05, 3.63) is 33.2 Å². The number of halogens is 2. The van der Waals surface area contributed by atoms with Crippen molar-refractivity contribution in [1.29, 1.82) is 5.26 Å². The average Bonchev–Trinajstić information content (AvgIpc) is 2.16. The van der Waals surface area contributed by atoms with Crippen LogP contribution in [-0.2, 0) is 6.61 Å². The predicted molar refractivity (Wildman–Crippen MR) is 42.7 cm³/mol. The highest BCUT2D eigenvalue weighted by Crippen LogP contribution is 2.17. The molecule has 0 aliphatic rings. The van der Waals surface area contributed by atoms with Crippen LogP contribution >= 0.6 is 0 Å². The molecule has 1 rings (SSSR count). The zero-order chi connectivity index (χ0) is 10.7. The van der Waals surface area contributed by atoms with Gasteiger partial charge in [-0.05, 0) is 0 Å². The Kier molecular flexibility index (Phi) is 2.94. The molecule has 0 aliphatic carbocycles. The molecule has 74 valence electrons. The molecule has 0 aromatic carbocycles. The Morgan fingerprint density at radius 1 is 1.64 bits per heavy atom. The zero-order valence-electron chi connectivity index (χ0n) is 6.92. The molecule has 0 fully saturated rings. The van der Waals surface area contributed by atoms with Crippen molar-refractivity contribution in [2.24, 2.45) is 0 Å². The van der Waals surface area contributed by atoms with Crippen molar-refractivity contribution in [2.75, 3.05) is 0 Å². The summed E-state index contributed by atoms with van der Waals surface area (Å²) in [7, 11) is 0. The fourth-order valence-corrected chi connectivity index (χ4v) is 1.01. The van der Waals surface area contributed by atoms with Crippen LogP contribution in [0.25, 0.3) is 0 Å². The number of aromatic amines is 1. The lowest BCUT2D eigenvalue weighted by Gasteiger charge is -2.03. The topological polar surface area (TPSA) is 76.9 Å². The van der Waals surface area contributed by atoms with Crippen molar-refractivity contribution in [2.45, 2.75) is 13.0 Å². The number of hydrogen-bond acceptors (Lipinski definition) is 3. The first kappa shape index (κ1) is 10.3. The lowest BCUT2D eigenvalue weighted by atomic mass is 10.1. The molecule has 14 heavy (non-hydrogen) atoms. The quantitative estimate of drug-likeness (QED) is 0.736. The number of aliphatic hydroxyl groups excluding tert-OH is 1. The number of pyridine rings is 1. The molecule has 0 aliphatic heterocycles. The molecule has 0 saturated heterocycles. The molecule has 1 aromatic rings. The first-order valence-electron chi connectivity index (χ1n) is 3.65. The highest BCUT2D eigenvalue weighted by atomic mass is 19.3. The smallest absolute Gasteiger partial charge is 0.270 e. The van der Waals surface area contributed by atoms with E-state index in [-0.39, 0.29) is 5.56 Å². The van der Waals surface area contributed by atoms with E-state index in [9.17, 15) is 13.6 Å². The Labute approximate surface area is 77.4 Å². The highest BCUT2D eigenvalue weighted by Gasteiger charge is 2.19. The van der Waals surface area contributed by atoms with Gasteiger partial charge in [-0.2, -0.15) is 5.26 Å². The second kappa shape index (κ2) is 3.98. The van der Waals surface area contributed by atoms with E-state index < -0.39 is 29.7 Å². The van der Waals surface area contributed by atoms with Crippen molar-refractivity contribution in [3.8, 4) is 6.07 Å². The van der Waals surface area contributed by atoms with Crippen molar-refractivity contribution in [3.63, 3.8) is 0 Å². The number of nitrogens with zero attached hydrogens (tertiary/aromatic N) is 1. The minimum absolute atomic E-state index is 0.181. The number of rotatable bonds is 2. The Balaban J connectivity index is 3.50. The Morgan fingerprint density at radius 3 is 2.71 bits per heavy atom. The number of nitriles is 1. The summed E-state index contributed by atoms with van der Waals surface area (Å²) in [6.07, 6.45) is -1.98. The molecule has 0 amide bonds. The minimum atomic E-state index is -3.03. The summed E-state index contributed by atoms with van der Waals surface area (Å²) in [5.41, 5.74) is -2.53. The summed E-state index contributed by atoms with van der Waals surface area (Å²) in [6, 6.07) is 1.45. The monoisotopic (exact) mass is 200 g/mol. The summed E-state index contributed by atoms with van der Waals surface area (Å²) in [5.74, 6) is 0. The van der Waals surface area contributed by atoms with Gasteiger partial charge in [0.25, 0.3) is 6.43 Å². The molecule has 0 atom stereocenters. The number of aliphatic hydroxyl groups is 1. The summed E-state index contributed by atoms with van der Waals surface area (Å²) < 4.78 is 24.7. The van der Waals surface area contributed by atoms with E-state index in [0.717, 1.165) is 6.20 Å². The van der Waals surface area contributed by atoms with Gasteiger partial charge in [0.05, 0.1) is 12.2 Å². The van der Waals surface area contributed by atoms with Gasteiger partial charge in [0.15, 0.2) is 5.43 Å². The van der Waals surface area contributed by atoms with Gasteiger partial charge in [0, 0.05) is 11.8 Å². The normalized spacial score (nSPS) is 10.2. The van der Waals surface area contributed by atoms with Crippen LogP contribution in [0.3, 0.4) is 0 Å². The van der Waals surface area contributed by atoms with Crippen molar-refractivity contribution < 1.29 is 13.9 Å². The van der Waals surface area contributed by atoms with Gasteiger partial charge in [-0.3, -0.25) is 4.79 Å². The maximum atomic E-state index is 12.3. The van der Waals surface area contributed by atoms with Gasteiger partial charge in [0.2, 0.25) is 0 Å². The van der Waals surface area contributed by atoms with E-state index in [2.05, 4.69) is 4.98 Å². The summed E-state index contributed by atoms with van der Waals surface area (Å²) in [4.78, 5) is 13.4. The highest BCUT2D eigenvalue weighted by molar-refractivity contribution is 5.34. The Morgan fingerprint density at radius 2 is 2.29 bits per heavy atom. The molecule has 4 nitrogen and oxygen atoms in total. The Bertz CT molecular complexity index is 434. The lowest BCUT2D eigenvalue weighted by Crippen LogP contribution is -2.18. The molecule has 0 saturated carbocycles. The molecule has 0 bridgehead atoms. The van der Waals surface area contributed by atoms with Crippen LogP contribution in [0.15, 0.2) is 11.0 Å². The van der Waals surface area contributed by atoms with Gasteiger partial charge in [-0.1, -0.05) is 0 Å². The number of nitrogens with one attached hydrogen (secondary N) is 1. The van der Waals surface area contributed by atoms with Crippen LogP contribution in [0.5, 0.6) is 0 Å². The van der Waals surface area contributed by atoms with Crippen molar-refractivity contribution >= 4 is 0 Å². The number of alkyl halides is 2. The first-order chi connectivity index (χ1) is 6.61. The van der Waals surface area contributed by atoms with Crippen LogP contribution in [0, 0.1) is 11.3 Å². The van der Waals surface area contributed by atoms with Gasteiger partial charge in [-0.15, -0.1) is 0 Å². The predicted octanol–water partition coefficient (Wildman–Crippen LogP) is 0.676. The van der Waals surface area contributed by atoms with Gasteiger partial charge in [0.1, 0.15) is 11.8 Å². The lowest BCUT2D eigenvalue weighted by molar-refractivity contribution is 0.149. The van der Waals surface area contributed by atoms with Crippen molar-refractivity contribution in [1.82, 2.24) is 4.98 Å². The third kappa shape index (κ3) is 1.63. The molecule has 6 heteroatoms.